The summed E-state index contributed by atoms with van der Waals surface area (Å²) in [6.07, 6.45) is 0.952. The number of phenolic OH excluding ortho intramolecular Hbond substituents is 1. The Bertz CT molecular complexity index is 1380. The molecule has 8 heteroatoms. The van der Waals surface area contributed by atoms with Crippen LogP contribution in [0.4, 0.5) is 5.69 Å². The molecule has 0 aromatic heterocycles. The maximum atomic E-state index is 13.9. The summed E-state index contributed by atoms with van der Waals surface area (Å²) in [6.45, 7) is 0.251. The minimum absolute atomic E-state index is 0.144. The van der Waals surface area contributed by atoms with Crippen LogP contribution in [0.1, 0.15) is 16.7 Å². The monoisotopic (exact) mass is 501 g/mol. The van der Waals surface area contributed by atoms with E-state index in [4.69, 9.17) is 11.6 Å². The maximum absolute atomic E-state index is 13.9. The van der Waals surface area contributed by atoms with Gasteiger partial charge in [0, 0.05) is 18.2 Å². The third-order valence-corrected chi connectivity index (χ3v) is 7.96. The number of carbonyl (C=O) groups excluding carboxylic acids is 3. The van der Waals surface area contributed by atoms with Gasteiger partial charge in [-0.3, -0.25) is 24.6 Å². The van der Waals surface area contributed by atoms with Crippen LogP contribution in [-0.2, 0) is 32.8 Å². The van der Waals surface area contributed by atoms with E-state index in [1.165, 1.54) is 4.90 Å². The van der Waals surface area contributed by atoms with Crippen molar-refractivity contribution in [3.63, 3.8) is 0 Å². The summed E-state index contributed by atoms with van der Waals surface area (Å²) >= 11 is 6.40. The SMILES string of the molecule is O=C1[C@@H]2C(Cc3ccc(O)cc3)NC3(C(=O)Nc4c(Cl)cccc43)[C@@H]2C(=O)N1CCc1ccccc1. The van der Waals surface area contributed by atoms with Crippen molar-refractivity contribution in [1.29, 1.82) is 0 Å². The molecule has 3 amide bonds. The number of nitrogens with zero attached hydrogens (tertiary/aromatic N) is 1. The lowest BCUT2D eigenvalue weighted by Gasteiger charge is -2.29. The van der Waals surface area contributed by atoms with Crippen LogP contribution in [0.5, 0.6) is 5.75 Å². The second-order valence-corrected chi connectivity index (χ2v) is 10.0. The number of hydrogen-bond acceptors (Lipinski definition) is 5. The number of carbonyl (C=O) groups is 3. The highest BCUT2D eigenvalue weighted by atomic mass is 35.5. The van der Waals surface area contributed by atoms with Crippen molar-refractivity contribution in [1.82, 2.24) is 10.2 Å². The third kappa shape index (κ3) is 3.34. The van der Waals surface area contributed by atoms with Crippen molar-refractivity contribution in [3.05, 3.63) is 94.5 Å². The average molecular weight is 502 g/mol. The number of aromatic hydroxyl groups is 1. The van der Waals surface area contributed by atoms with E-state index in [-0.39, 0.29) is 30.0 Å². The topological polar surface area (TPSA) is 98.7 Å². The number of benzene rings is 3. The predicted octanol–water partition coefficient (Wildman–Crippen LogP) is 3.25. The van der Waals surface area contributed by atoms with Gasteiger partial charge < -0.3 is 10.4 Å². The fourth-order valence-corrected chi connectivity index (χ4v) is 6.24. The van der Waals surface area contributed by atoms with Crippen molar-refractivity contribution in [2.45, 2.75) is 24.4 Å². The van der Waals surface area contributed by atoms with Gasteiger partial charge in [0.1, 0.15) is 11.3 Å². The molecule has 2 fully saturated rings. The summed E-state index contributed by atoms with van der Waals surface area (Å²) in [5.41, 5.74) is 1.59. The Morgan fingerprint density at radius 1 is 0.889 bits per heavy atom. The zero-order valence-electron chi connectivity index (χ0n) is 19.3. The van der Waals surface area contributed by atoms with E-state index in [0.29, 0.717) is 29.1 Å². The molecule has 0 aliphatic carbocycles. The third-order valence-electron chi connectivity index (χ3n) is 7.65. The quantitative estimate of drug-likeness (QED) is 0.466. The summed E-state index contributed by atoms with van der Waals surface area (Å²) in [5.74, 6) is -2.44. The van der Waals surface area contributed by atoms with E-state index in [1.807, 2.05) is 30.3 Å². The van der Waals surface area contributed by atoms with Gasteiger partial charge in [0.2, 0.25) is 17.7 Å². The van der Waals surface area contributed by atoms with Crippen molar-refractivity contribution in [2.75, 3.05) is 11.9 Å². The first kappa shape index (κ1) is 22.8. The number of para-hydroxylation sites is 1. The zero-order valence-corrected chi connectivity index (χ0v) is 20.0. The number of phenols is 1. The summed E-state index contributed by atoms with van der Waals surface area (Å²) in [5, 5.41) is 16.3. The molecular weight excluding hydrogens is 478 g/mol. The number of imide groups is 1. The van der Waals surface area contributed by atoms with Crippen molar-refractivity contribution in [2.24, 2.45) is 11.8 Å². The van der Waals surface area contributed by atoms with Crippen LogP contribution in [0, 0.1) is 11.8 Å². The van der Waals surface area contributed by atoms with Gasteiger partial charge >= 0.3 is 0 Å². The summed E-state index contributed by atoms with van der Waals surface area (Å²) < 4.78 is 0. The number of hydrogen-bond donors (Lipinski definition) is 3. The minimum atomic E-state index is -1.39. The smallest absolute Gasteiger partial charge is 0.250 e. The Balaban J connectivity index is 1.40. The van der Waals surface area contributed by atoms with Gasteiger partial charge in [0.15, 0.2) is 0 Å². The predicted molar refractivity (Wildman–Crippen MR) is 134 cm³/mol. The molecule has 36 heavy (non-hydrogen) atoms. The standard InChI is InChI=1S/C28H24ClN3O4/c29-20-8-4-7-19-24(20)30-27(36)28(19)23-22(21(31-28)15-17-9-11-18(33)12-10-17)25(34)32(26(23)35)14-13-16-5-2-1-3-6-16/h1-12,21-23,31,33H,13-15H2,(H,30,36)/t21?,22-,23+,28?/m1/s1. The second-order valence-electron chi connectivity index (χ2n) is 9.61. The zero-order chi connectivity index (χ0) is 25.0. The molecule has 182 valence electrons. The molecule has 3 aromatic carbocycles. The number of nitrogens with one attached hydrogen (secondary N) is 2. The molecule has 2 saturated heterocycles. The van der Waals surface area contributed by atoms with Crippen molar-refractivity contribution in [3.8, 4) is 5.75 Å². The molecule has 3 N–H and O–H groups in total. The number of fused-ring (bicyclic) bond motifs is 4. The Hall–Kier alpha value is -3.68. The number of anilines is 1. The van der Waals surface area contributed by atoms with Gasteiger partial charge in [-0.2, -0.15) is 0 Å². The van der Waals surface area contributed by atoms with E-state index < -0.39 is 23.4 Å². The Morgan fingerprint density at radius 2 is 1.64 bits per heavy atom. The van der Waals surface area contributed by atoms with E-state index >= 15 is 0 Å². The van der Waals surface area contributed by atoms with E-state index in [1.54, 1.807) is 42.5 Å². The molecule has 7 nitrogen and oxygen atoms in total. The highest BCUT2D eigenvalue weighted by Crippen LogP contribution is 2.54. The molecule has 0 radical (unpaired) electrons. The molecule has 3 aliphatic heterocycles. The Kier molecular flexibility index (Phi) is 5.35. The van der Waals surface area contributed by atoms with Crippen LogP contribution in [0.15, 0.2) is 72.8 Å². The molecule has 3 aromatic rings. The van der Waals surface area contributed by atoms with Gasteiger partial charge in [0.05, 0.1) is 22.5 Å². The van der Waals surface area contributed by atoms with Crippen molar-refractivity contribution >= 4 is 35.0 Å². The van der Waals surface area contributed by atoms with Crippen LogP contribution >= 0.6 is 11.6 Å². The average Bonchev–Trinajstić information content (AvgIpc) is 3.45. The summed E-state index contributed by atoms with van der Waals surface area (Å²) in [7, 11) is 0. The number of rotatable bonds is 5. The van der Waals surface area contributed by atoms with Crippen LogP contribution in [0.3, 0.4) is 0 Å². The molecule has 0 bridgehead atoms. The molecule has 6 rings (SSSR count). The normalized spacial score (nSPS) is 26.4. The second kappa shape index (κ2) is 8.47. The summed E-state index contributed by atoms with van der Waals surface area (Å²) in [4.78, 5) is 42.6. The van der Waals surface area contributed by atoms with Crippen LogP contribution in [0.2, 0.25) is 5.02 Å². The Labute approximate surface area is 213 Å². The minimum Gasteiger partial charge on any atom is -0.508 e. The van der Waals surface area contributed by atoms with Gasteiger partial charge in [-0.05, 0) is 42.2 Å². The van der Waals surface area contributed by atoms with E-state index in [2.05, 4.69) is 10.6 Å². The molecular formula is C28H24ClN3O4. The molecule has 3 aliphatic rings. The first-order valence-electron chi connectivity index (χ1n) is 12.0. The fraction of sp³-hybridized carbons (Fsp3) is 0.250. The van der Waals surface area contributed by atoms with E-state index in [9.17, 15) is 19.5 Å². The number of halogens is 1. The van der Waals surface area contributed by atoms with Crippen LogP contribution in [-0.4, -0.2) is 40.3 Å². The van der Waals surface area contributed by atoms with Gasteiger partial charge in [-0.1, -0.05) is 66.2 Å². The Morgan fingerprint density at radius 3 is 2.39 bits per heavy atom. The number of amides is 3. The van der Waals surface area contributed by atoms with Crippen LogP contribution < -0.4 is 10.6 Å². The molecule has 4 atom stereocenters. The number of likely N-dealkylation sites (tertiary alicyclic amines) is 1. The largest absolute Gasteiger partial charge is 0.508 e. The molecule has 1 spiro atoms. The van der Waals surface area contributed by atoms with Crippen molar-refractivity contribution < 1.29 is 19.5 Å². The first-order chi connectivity index (χ1) is 17.4. The lowest BCUT2D eigenvalue weighted by molar-refractivity contribution is -0.142. The highest BCUT2D eigenvalue weighted by Gasteiger charge is 2.70. The lowest BCUT2D eigenvalue weighted by Crippen LogP contribution is -2.53. The van der Waals surface area contributed by atoms with E-state index in [0.717, 1.165) is 11.1 Å². The fourth-order valence-electron chi connectivity index (χ4n) is 6.02. The van der Waals surface area contributed by atoms with Gasteiger partial charge in [-0.25, -0.2) is 0 Å². The van der Waals surface area contributed by atoms with Crippen LogP contribution in [0.25, 0.3) is 0 Å². The highest BCUT2D eigenvalue weighted by molar-refractivity contribution is 6.35. The molecule has 0 saturated carbocycles. The lowest BCUT2D eigenvalue weighted by atomic mass is 9.76. The van der Waals surface area contributed by atoms with Gasteiger partial charge in [-0.15, -0.1) is 0 Å². The first-order valence-corrected chi connectivity index (χ1v) is 12.3. The summed E-state index contributed by atoms with van der Waals surface area (Å²) in [6, 6.07) is 21.2. The molecule has 3 heterocycles. The molecule has 2 unspecified atom stereocenters. The maximum Gasteiger partial charge on any atom is 0.250 e. The van der Waals surface area contributed by atoms with Gasteiger partial charge in [0.25, 0.3) is 0 Å².